The quantitative estimate of drug-likeness (QED) is 0.641. The molecular formula is C17H15ClO3. The molecule has 3 nitrogen and oxygen atoms in total. The summed E-state index contributed by atoms with van der Waals surface area (Å²) in [5.41, 5.74) is 1.88. The molecule has 0 saturated carbocycles. The average molecular weight is 303 g/mol. The molecule has 1 aliphatic heterocycles. The minimum atomic E-state index is -0.725. The standard InChI is InChI=1S/C17H15ClO3/c18-11-14-17(19)21-16(13-9-5-2-6-10-13)15(20-14)12-7-3-1-4-8-12/h1-10,14-16H,11H2. The van der Waals surface area contributed by atoms with Gasteiger partial charge in [0.25, 0.3) is 0 Å². The van der Waals surface area contributed by atoms with Crippen LogP contribution in [0.5, 0.6) is 0 Å². The van der Waals surface area contributed by atoms with E-state index in [9.17, 15) is 4.79 Å². The van der Waals surface area contributed by atoms with Gasteiger partial charge in [-0.15, -0.1) is 11.6 Å². The molecule has 108 valence electrons. The Morgan fingerprint density at radius 1 is 0.857 bits per heavy atom. The third kappa shape index (κ3) is 2.94. The Hall–Kier alpha value is -1.84. The fraction of sp³-hybridized carbons (Fsp3) is 0.235. The van der Waals surface area contributed by atoms with Crippen LogP contribution in [-0.4, -0.2) is 18.0 Å². The third-order valence-corrected chi connectivity index (χ3v) is 3.77. The second-order valence-corrected chi connectivity index (χ2v) is 5.19. The molecule has 3 rings (SSSR count). The molecule has 0 aromatic heterocycles. The summed E-state index contributed by atoms with van der Waals surface area (Å²) < 4.78 is 11.5. The lowest BCUT2D eigenvalue weighted by molar-refractivity contribution is -0.200. The highest BCUT2D eigenvalue weighted by Crippen LogP contribution is 2.39. The molecule has 1 saturated heterocycles. The van der Waals surface area contributed by atoms with E-state index >= 15 is 0 Å². The lowest BCUT2D eigenvalue weighted by Gasteiger charge is -2.35. The zero-order valence-electron chi connectivity index (χ0n) is 11.3. The van der Waals surface area contributed by atoms with Crippen LogP contribution in [0.4, 0.5) is 0 Å². The zero-order valence-corrected chi connectivity index (χ0v) is 12.1. The van der Waals surface area contributed by atoms with E-state index in [0.29, 0.717) is 0 Å². The molecule has 1 fully saturated rings. The highest BCUT2D eigenvalue weighted by Gasteiger charge is 2.39. The van der Waals surface area contributed by atoms with Crippen LogP contribution in [0.25, 0.3) is 0 Å². The van der Waals surface area contributed by atoms with E-state index in [2.05, 4.69) is 0 Å². The number of carbonyl (C=O) groups is 1. The summed E-state index contributed by atoms with van der Waals surface area (Å²) in [4.78, 5) is 12.0. The Kier molecular flexibility index (Phi) is 4.23. The number of hydrogen-bond acceptors (Lipinski definition) is 3. The Labute approximate surface area is 128 Å². The van der Waals surface area contributed by atoms with Crippen LogP contribution in [0, 0.1) is 0 Å². The smallest absolute Gasteiger partial charge is 0.337 e. The Balaban J connectivity index is 1.97. The molecule has 2 aromatic rings. The maximum absolute atomic E-state index is 12.0. The molecule has 21 heavy (non-hydrogen) atoms. The summed E-state index contributed by atoms with van der Waals surface area (Å²) in [7, 11) is 0. The van der Waals surface area contributed by atoms with Crippen molar-refractivity contribution in [1.29, 1.82) is 0 Å². The number of esters is 1. The van der Waals surface area contributed by atoms with Crippen LogP contribution in [-0.2, 0) is 14.3 Å². The minimum absolute atomic E-state index is 0.0870. The number of cyclic esters (lactones) is 1. The molecule has 0 amide bonds. The predicted octanol–water partition coefficient (Wildman–Crippen LogP) is 3.65. The van der Waals surface area contributed by atoms with E-state index in [0.717, 1.165) is 11.1 Å². The van der Waals surface area contributed by atoms with Gasteiger partial charge in [-0.25, -0.2) is 4.79 Å². The topological polar surface area (TPSA) is 35.5 Å². The Morgan fingerprint density at radius 3 is 1.90 bits per heavy atom. The number of rotatable bonds is 3. The van der Waals surface area contributed by atoms with Gasteiger partial charge in [0.05, 0.1) is 5.88 Å². The van der Waals surface area contributed by atoms with Gasteiger partial charge >= 0.3 is 5.97 Å². The van der Waals surface area contributed by atoms with Gasteiger partial charge in [0, 0.05) is 0 Å². The highest BCUT2D eigenvalue weighted by molar-refractivity contribution is 6.19. The number of hydrogen-bond donors (Lipinski definition) is 0. The van der Waals surface area contributed by atoms with Gasteiger partial charge in [0.1, 0.15) is 6.10 Å². The van der Waals surface area contributed by atoms with E-state index in [1.165, 1.54) is 0 Å². The van der Waals surface area contributed by atoms with Gasteiger partial charge in [0.2, 0.25) is 0 Å². The van der Waals surface area contributed by atoms with Crippen molar-refractivity contribution >= 4 is 17.6 Å². The first-order valence-corrected chi connectivity index (χ1v) is 7.35. The van der Waals surface area contributed by atoms with Crippen LogP contribution >= 0.6 is 11.6 Å². The maximum Gasteiger partial charge on any atom is 0.337 e. The van der Waals surface area contributed by atoms with Crippen molar-refractivity contribution in [3.63, 3.8) is 0 Å². The largest absolute Gasteiger partial charge is 0.452 e. The molecule has 0 radical (unpaired) electrons. The first-order chi connectivity index (χ1) is 10.3. The van der Waals surface area contributed by atoms with Crippen LogP contribution in [0.3, 0.4) is 0 Å². The molecule has 0 aliphatic carbocycles. The van der Waals surface area contributed by atoms with Crippen molar-refractivity contribution in [2.45, 2.75) is 18.3 Å². The molecular weight excluding hydrogens is 288 g/mol. The molecule has 1 heterocycles. The molecule has 2 aromatic carbocycles. The van der Waals surface area contributed by atoms with Crippen molar-refractivity contribution in [2.24, 2.45) is 0 Å². The summed E-state index contributed by atoms with van der Waals surface area (Å²) in [6.45, 7) is 0. The van der Waals surface area contributed by atoms with Crippen molar-refractivity contribution in [2.75, 3.05) is 5.88 Å². The van der Waals surface area contributed by atoms with Crippen molar-refractivity contribution in [1.82, 2.24) is 0 Å². The lowest BCUT2D eigenvalue weighted by atomic mass is 9.96. The van der Waals surface area contributed by atoms with Crippen LogP contribution in [0.15, 0.2) is 60.7 Å². The second kappa shape index (κ2) is 6.29. The van der Waals surface area contributed by atoms with E-state index in [4.69, 9.17) is 21.1 Å². The number of carbonyl (C=O) groups excluding carboxylic acids is 1. The van der Waals surface area contributed by atoms with E-state index in [1.807, 2.05) is 60.7 Å². The predicted molar refractivity (Wildman–Crippen MR) is 80.1 cm³/mol. The lowest BCUT2D eigenvalue weighted by Crippen LogP contribution is -2.39. The number of halogens is 1. The van der Waals surface area contributed by atoms with Gasteiger partial charge in [-0.3, -0.25) is 0 Å². The van der Waals surface area contributed by atoms with Gasteiger partial charge in [0.15, 0.2) is 12.2 Å². The van der Waals surface area contributed by atoms with Gasteiger partial charge in [-0.1, -0.05) is 60.7 Å². The Morgan fingerprint density at radius 2 is 1.38 bits per heavy atom. The molecule has 3 unspecified atom stereocenters. The van der Waals surface area contributed by atoms with Crippen LogP contribution in [0.1, 0.15) is 23.3 Å². The SMILES string of the molecule is O=C1OC(c2ccccc2)C(c2ccccc2)OC1CCl. The first-order valence-electron chi connectivity index (χ1n) is 6.81. The van der Waals surface area contributed by atoms with Crippen molar-refractivity contribution in [3.8, 4) is 0 Å². The number of ether oxygens (including phenoxy) is 2. The molecule has 4 heteroatoms. The molecule has 0 spiro atoms. The second-order valence-electron chi connectivity index (χ2n) is 4.88. The number of alkyl halides is 1. The summed E-state index contributed by atoms with van der Waals surface area (Å²) in [6.07, 6.45) is -1.53. The van der Waals surface area contributed by atoms with Gasteiger partial charge in [-0.05, 0) is 11.1 Å². The Bertz CT molecular complexity index is 600. The van der Waals surface area contributed by atoms with E-state index in [1.54, 1.807) is 0 Å². The van der Waals surface area contributed by atoms with Crippen LogP contribution < -0.4 is 0 Å². The normalized spacial score (nSPS) is 25.4. The fourth-order valence-corrected chi connectivity index (χ4v) is 2.65. The molecule has 1 aliphatic rings. The minimum Gasteiger partial charge on any atom is -0.452 e. The van der Waals surface area contributed by atoms with E-state index in [-0.39, 0.29) is 12.0 Å². The summed E-state index contributed by atoms with van der Waals surface area (Å²) in [5, 5.41) is 0. The molecule has 0 bridgehead atoms. The summed E-state index contributed by atoms with van der Waals surface area (Å²) >= 11 is 5.80. The van der Waals surface area contributed by atoms with Gasteiger partial charge in [-0.2, -0.15) is 0 Å². The van der Waals surface area contributed by atoms with Crippen molar-refractivity contribution < 1.29 is 14.3 Å². The summed E-state index contributed by atoms with van der Waals surface area (Å²) in [6, 6.07) is 19.4. The monoisotopic (exact) mass is 302 g/mol. The third-order valence-electron chi connectivity index (χ3n) is 3.49. The molecule has 3 atom stereocenters. The van der Waals surface area contributed by atoms with E-state index < -0.39 is 18.2 Å². The number of benzene rings is 2. The van der Waals surface area contributed by atoms with Gasteiger partial charge < -0.3 is 9.47 Å². The average Bonchev–Trinajstić information content (AvgIpc) is 2.56. The highest BCUT2D eigenvalue weighted by atomic mass is 35.5. The maximum atomic E-state index is 12.0. The first kappa shape index (κ1) is 14.1. The van der Waals surface area contributed by atoms with Crippen LogP contribution in [0.2, 0.25) is 0 Å². The molecule has 0 N–H and O–H groups in total. The van der Waals surface area contributed by atoms with Crippen molar-refractivity contribution in [3.05, 3.63) is 71.8 Å². The summed E-state index contributed by atoms with van der Waals surface area (Å²) in [5.74, 6) is -0.324. The zero-order chi connectivity index (χ0) is 14.7. The fourth-order valence-electron chi connectivity index (χ4n) is 2.45.